The number of aromatic nitrogens is 7. The molecule has 0 fully saturated rings. The Morgan fingerprint density at radius 2 is 2.00 bits per heavy atom. The van der Waals surface area contributed by atoms with Gasteiger partial charge in [0.25, 0.3) is 0 Å². The summed E-state index contributed by atoms with van der Waals surface area (Å²) in [6.07, 6.45) is 1.42. The topological polar surface area (TPSA) is 104 Å². The molecular weight excluding hydrogens is 399 g/mol. The Labute approximate surface area is 177 Å². The van der Waals surface area contributed by atoms with Crippen LogP contribution in [0.1, 0.15) is 30.9 Å². The predicted octanol–water partition coefficient (Wildman–Crippen LogP) is 2.85. The molecule has 4 heterocycles. The highest BCUT2D eigenvalue weighted by Crippen LogP contribution is 2.39. The second-order valence-electron chi connectivity index (χ2n) is 8.07. The molecule has 4 aromatic rings. The quantitative estimate of drug-likeness (QED) is 0.538. The molecular formula is C21H21FN8O. The summed E-state index contributed by atoms with van der Waals surface area (Å²) in [5, 5.41) is 17.3. The number of anilines is 1. The minimum absolute atomic E-state index is 0.217. The zero-order valence-electron chi connectivity index (χ0n) is 17.6. The summed E-state index contributed by atoms with van der Waals surface area (Å²) in [6, 6.07) is 6.60. The maximum absolute atomic E-state index is 14.2. The Morgan fingerprint density at radius 1 is 1.19 bits per heavy atom. The molecule has 0 radical (unpaired) electrons. The van der Waals surface area contributed by atoms with Crippen molar-refractivity contribution in [2.24, 2.45) is 0 Å². The van der Waals surface area contributed by atoms with Crippen LogP contribution < -0.4 is 5.32 Å². The summed E-state index contributed by atoms with van der Waals surface area (Å²) in [4.78, 5) is 13.5. The third-order valence-corrected chi connectivity index (χ3v) is 5.56. The van der Waals surface area contributed by atoms with Crippen LogP contribution in [0.2, 0.25) is 0 Å². The SMILES string of the molecule is COC1Nc2nc(-c3nn(Cc4ccccc4F)c4nc(C)ncc34)nnc2C1(C)C. The third-order valence-electron chi connectivity index (χ3n) is 5.56. The van der Waals surface area contributed by atoms with Crippen LogP contribution in [0.25, 0.3) is 22.6 Å². The minimum Gasteiger partial charge on any atom is -0.361 e. The van der Waals surface area contributed by atoms with E-state index in [-0.39, 0.29) is 24.0 Å². The van der Waals surface area contributed by atoms with Gasteiger partial charge in [0.2, 0.25) is 5.82 Å². The number of aryl methyl sites for hydroxylation is 1. The summed E-state index contributed by atoms with van der Waals surface area (Å²) in [7, 11) is 1.64. The molecule has 9 nitrogen and oxygen atoms in total. The van der Waals surface area contributed by atoms with Gasteiger partial charge in [-0.05, 0) is 26.8 Å². The Kier molecular flexibility index (Phi) is 4.40. The van der Waals surface area contributed by atoms with Gasteiger partial charge in [-0.1, -0.05) is 18.2 Å². The predicted molar refractivity (Wildman–Crippen MR) is 112 cm³/mol. The van der Waals surface area contributed by atoms with Crippen molar-refractivity contribution in [3.8, 4) is 11.5 Å². The summed E-state index contributed by atoms with van der Waals surface area (Å²) in [6.45, 7) is 6.05. The molecule has 158 valence electrons. The fourth-order valence-electron chi connectivity index (χ4n) is 3.85. The summed E-state index contributed by atoms with van der Waals surface area (Å²) >= 11 is 0. The van der Waals surface area contributed by atoms with Crippen LogP contribution in [0.15, 0.2) is 30.5 Å². The summed E-state index contributed by atoms with van der Waals surface area (Å²) in [5.74, 6) is 1.23. The van der Waals surface area contributed by atoms with Crippen LogP contribution in [-0.2, 0) is 16.7 Å². The van der Waals surface area contributed by atoms with E-state index in [1.54, 1.807) is 43.1 Å². The zero-order chi connectivity index (χ0) is 21.8. The first-order valence-corrected chi connectivity index (χ1v) is 9.87. The van der Waals surface area contributed by atoms with E-state index < -0.39 is 0 Å². The largest absolute Gasteiger partial charge is 0.361 e. The number of fused-ring (bicyclic) bond motifs is 2. The van der Waals surface area contributed by atoms with Gasteiger partial charge in [0.1, 0.15) is 29.3 Å². The lowest BCUT2D eigenvalue weighted by molar-refractivity contribution is 0.0750. The van der Waals surface area contributed by atoms with E-state index in [1.165, 1.54) is 6.07 Å². The first-order valence-electron chi connectivity index (χ1n) is 9.87. The number of hydrogen-bond acceptors (Lipinski definition) is 8. The number of halogens is 1. The van der Waals surface area contributed by atoms with Crippen LogP contribution in [0.5, 0.6) is 0 Å². The van der Waals surface area contributed by atoms with E-state index in [0.717, 1.165) is 5.69 Å². The van der Waals surface area contributed by atoms with Gasteiger partial charge in [-0.2, -0.15) is 5.10 Å². The Hall–Kier alpha value is -3.53. The highest BCUT2D eigenvalue weighted by Gasteiger charge is 2.43. The Bertz CT molecular complexity index is 1300. The van der Waals surface area contributed by atoms with Gasteiger partial charge in [-0.15, -0.1) is 10.2 Å². The van der Waals surface area contributed by atoms with Crippen LogP contribution in [0.4, 0.5) is 10.2 Å². The average molecular weight is 420 g/mol. The lowest BCUT2D eigenvalue weighted by Gasteiger charge is -2.24. The minimum atomic E-state index is -0.380. The maximum atomic E-state index is 14.2. The molecule has 0 aliphatic carbocycles. The molecule has 0 saturated carbocycles. The van der Waals surface area contributed by atoms with Gasteiger partial charge < -0.3 is 10.1 Å². The van der Waals surface area contributed by atoms with E-state index in [0.29, 0.717) is 39.8 Å². The number of nitrogens with zero attached hydrogens (tertiary/aromatic N) is 7. The number of benzene rings is 1. The normalized spacial score (nSPS) is 17.0. The first kappa shape index (κ1) is 19.4. The molecule has 10 heteroatoms. The van der Waals surface area contributed by atoms with Crippen molar-refractivity contribution in [1.82, 2.24) is 34.9 Å². The van der Waals surface area contributed by atoms with Crippen molar-refractivity contribution in [3.05, 3.63) is 53.4 Å². The number of ether oxygens (including phenoxy) is 1. The van der Waals surface area contributed by atoms with Crippen molar-refractivity contribution in [2.45, 2.75) is 39.0 Å². The van der Waals surface area contributed by atoms with E-state index >= 15 is 0 Å². The van der Waals surface area contributed by atoms with Gasteiger partial charge in [-0.25, -0.2) is 24.0 Å². The molecule has 31 heavy (non-hydrogen) atoms. The average Bonchev–Trinajstić information content (AvgIpc) is 3.23. The highest BCUT2D eigenvalue weighted by atomic mass is 19.1. The molecule has 1 aliphatic heterocycles. The molecule has 3 aromatic heterocycles. The molecule has 1 N–H and O–H groups in total. The number of hydrogen-bond donors (Lipinski definition) is 1. The van der Waals surface area contributed by atoms with Crippen LogP contribution >= 0.6 is 0 Å². The molecule has 5 rings (SSSR count). The molecule has 1 atom stereocenters. The summed E-state index contributed by atoms with van der Waals surface area (Å²) in [5.41, 5.74) is 1.93. The van der Waals surface area contributed by atoms with Crippen LogP contribution in [0, 0.1) is 12.7 Å². The van der Waals surface area contributed by atoms with E-state index in [2.05, 4.69) is 35.6 Å². The molecule has 1 aromatic carbocycles. The van der Waals surface area contributed by atoms with E-state index in [9.17, 15) is 4.39 Å². The fraction of sp³-hybridized carbons (Fsp3) is 0.333. The standard InChI is InChI=1S/C21H21FN8O/c1-11-23-9-13-15(17-25-18-16(27-28-17)21(2,3)20(26-18)31-4)29-30(19(13)24-11)10-12-7-5-6-8-14(12)22/h5-9,20H,10H2,1-4H3,(H,25,26,28). The van der Waals surface area contributed by atoms with Gasteiger partial charge >= 0.3 is 0 Å². The highest BCUT2D eigenvalue weighted by molar-refractivity contribution is 5.88. The third kappa shape index (κ3) is 3.10. The molecule has 0 amide bonds. The van der Waals surface area contributed by atoms with Crippen LogP contribution in [-0.4, -0.2) is 48.3 Å². The molecule has 0 bridgehead atoms. The lowest BCUT2D eigenvalue weighted by Crippen LogP contribution is -2.35. The van der Waals surface area contributed by atoms with Gasteiger partial charge in [0.05, 0.1) is 17.3 Å². The van der Waals surface area contributed by atoms with Crippen molar-refractivity contribution in [1.29, 1.82) is 0 Å². The van der Waals surface area contributed by atoms with Crippen molar-refractivity contribution in [3.63, 3.8) is 0 Å². The monoisotopic (exact) mass is 420 g/mol. The number of rotatable bonds is 4. The van der Waals surface area contributed by atoms with Gasteiger partial charge in [0.15, 0.2) is 11.5 Å². The van der Waals surface area contributed by atoms with Crippen molar-refractivity contribution < 1.29 is 9.13 Å². The smallest absolute Gasteiger partial charge is 0.205 e. The van der Waals surface area contributed by atoms with E-state index in [1.807, 2.05) is 13.8 Å². The van der Waals surface area contributed by atoms with Crippen molar-refractivity contribution >= 4 is 16.9 Å². The summed E-state index contributed by atoms with van der Waals surface area (Å²) < 4.78 is 21.4. The molecule has 0 spiro atoms. The first-order chi connectivity index (χ1) is 14.9. The molecule has 1 unspecified atom stereocenters. The Balaban J connectivity index is 1.63. The molecule has 0 saturated heterocycles. The second-order valence-corrected chi connectivity index (χ2v) is 8.07. The lowest BCUT2D eigenvalue weighted by atomic mass is 9.90. The maximum Gasteiger partial charge on any atom is 0.205 e. The van der Waals surface area contributed by atoms with Crippen molar-refractivity contribution in [2.75, 3.05) is 12.4 Å². The number of nitrogens with one attached hydrogen (secondary N) is 1. The van der Waals surface area contributed by atoms with E-state index in [4.69, 9.17) is 4.74 Å². The zero-order valence-corrected chi connectivity index (χ0v) is 17.6. The number of methoxy groups -OCH3 is 1. The van der Waals surface area contributed by atoms with Gasteiger partial charge in [-0.3, -0.25) is 0 Å². The van der Waals surface area contributed by atoms with Crippen LogP contribution in [0.3, 0.4) is 0 Å². The Morgan fingerprint density at radius 3 is 2.77 bits per heavy atom. The fourth-order valence-corrected chi connectivity index (χ4v) is 3.85. The van der Waals surface area contributed by atoms with Gasteiger partial charge in [0, 0.05) is 18.9 Å². The second kappa shape index (κ2) is 7.02. The molecule has 1 aliphatic rings.